The summed E-state index contributed by atoms with van der Waals surface area (Å²) in [5.41, 5.74) is 4.99. The predicted octanol–water partition coefficient (Wildman–Crippen LogP) is 6.83. The van der Waals surface area contributed by atoms with Gasteiger partial charge in [-0.15, -0.1) is 0 Å². The fraction of sp³-hybridized carbons (Fsp3) is 0.308. The molecule has 0 aliphatic carbocycles. The number of rotatable bonds is 2. The molecule has 0 atom stereocenters. The summed E-state index contributed by atoms with van der Waals surface area (Å²) in [4.78, 5) is 3.66. The zero-order valence-electron chi connectivity index (χ0n) is 20.8. The maximum atomic E-state index is 8.74. The van der Waals surface area contributed by atoms with Crippen LogP contribution in [0.5, 0.6) is 0 Å². The molecule has 0 saturated carbocycles. The number of benzene rings is 2. The Morgan fingerprint density at radius 1 is 1.10 bits per heavy atom. The first kappa shape index (κ1) is 15.8. The van der Waals surface area contributed by atoms with Crippen molar-refractivity contribution in [3.63, 3.8) is 0 Å². The van der Waals surface area contributed by atoms with Crippen molar-refractivity contribution in [2.45, 2.75) is 41.0 Å². The van der Waals surface area contributed by atoms with E-state index in [1.165, 1.54) is 0 Å². The number of aromatic nitrogens is 1. The lowest BCUT2D eigenvalue weighted by Gasteiger charge is -2.18. The molecular weight excluding hydrogens is 356 g/mol. The van der Waals surface area contributed by atoms with Gasteiger partial charge in [0.05, 0.1) is 12.1 Å². The van der Waals surface area contributed by atoms with E-state index < -0.39 is 11.8 Å². The Labute approximate surface area is 176 Å². The van der Waals surface area contributed by atoms with Crippen molar-refractivity contribution in [3.8, 4) is 11.3 Å². The number of pyridine rings is 1. The summed E-state index contributed by atoms with van der Waals surface area (Å²) in [6.45, 7) is 17.1. The van der Waals surface area contributed by atoms with Crippen LogP contribution in [0.3, 0.4) is 0 Å². The van der Waals surface area contributed by atoms with Crippen molar-refractivity contribution in [3.05, 3.63) is 70.7 Å². The third-order valence-corrected chi connectivity index (χ3v) is 5.04. The average molecular weight is 387 g/mol. The first-order valence-corrected chi connectivity index (χ1v) is 9.72. The number of furan rings is 1. The Hall–Kier alpha value is -3.12. The van der Waals surface area contributed by atoms with Crippen LogP contribution < -0.4 is 4.57 Å². The molecule has 3 heteroatoms. The molecule has 2 aromatic heterocycles. The highest BCUT2D eigenvalue weighted by Gasteiger charge is 2.23. The van der Waals surface area contributed by atoms with Crippen LogP contribution in [0.25, 0.3) is 38.0 Å². The van der Waals surface area contributed by atoms with E-state index in [9.17, 15) is 0 Å². The van der Waals surface area contributed by atoms with Crippen LogP contribution in [-0.2, 0) is 13.4 Å². The lowest BCUT2D eigenvalue weighted by molar-refractivity contribution is -0.660. The van der Waals surface area contributed by atoms with Gasteiger partial charge in [0.2, 0.25) is 11.4 Å². The Bertz CT molecular complexity index is 1440. The van der Waals surface area contributed by atoms with Crippen LogP contribution in [0, 0.1) is 25.8 Å². The quantitative estimate of drug-likeness (QED) is 0.273. The summed E-state index contributed by atoms with van der Waals surface area (Å²) in [5, 5.41) is 1.80. The molecule has 0 aliphatic heterocycles. The molecule has 29 heavy (non-hydrogen) atoms. The largest absolute Gasteiger partial charge is 0.466 e. The standard InChI is InChI=1S/C26H27N2O/c1-16-12-20-19-9-8-17(2)23(25(19)29-24(20)21(13-16)27-6)22-14-18(10-11-28(22)7)15-26(3,4)5/h8-14H,15H2,1-5,7H3/q+1/i11D,15D2. The average Bonchev–Trinajstić information content (AvgIpc) is 3.07. The predicted molar refractivity (Wildman–Crippen MR) is 119 cm³/mol. The van der Waals surface area contributed by atoms with Crippen LogP contribution >= 0.6 is 0 Å². The maximum Gasteiger partial charge on any atom is 0.229 e. The summed E-state index contributed by atoms with van der Waals surface area (Å²) in [6.07, 6.45) is -1.41. The van der Waals surface area contributed by atoms with Gasteiger partial charge in [-0.2, -0.15) is 0 Å². The van der Waals surface area contributed by atoms with Crippen LogP contribution in [0.2, 0.25) is 0 Å². The molecule has 0 radical (unpaired) electrons. The van der Waals surface area contributed by atoms with Gasteiger partial charge in [0, 0.05) is 25.6 Å². The minimum atomic E-state index is -1.63. The van der Waals surface area contributed by atoms with Gasteiger partial charge < -0.3 is 4.42 Å². The zero-order valence-corrected chi connectivity index (χ0v) is 17.8. The topological polar surface area (TPSA) is 21.4 Å². The highest BCUT2D eigenvalue weighted by atomic mass is 16.3. The normalized spacial score (nSPS) is 13.9. The molecule has 0 bridgehead atoms. The molecule has 0 spiro atoms. The van der Waals surface area contributed by atoms with Gasteiger partial charge in [0.15, 0.2) is 6.17 Å². The molecule has 0 aliphatic rings. The van der Waals surface area contributed by atoms with E-state index in [0.717, 1.165) is 27.5 Å². The monoisotopic (exact) mass is 386 g/mol. The molecule has 4 rings (SSSR count). The number of hydrogen-bond acceptors (Lipinski definition) is 1. The lowest BCUT2D eigenvalue weighted by atomic mass is 9.88. The van der Waals surface area contributed by atoms with Crippen molar-refractivity contribution < 1.29 is 13.1 Å². The zero-order chi connectivity index (χ0) is 23.6. The molecule has 0 fully saturated rings. The molecule has 2 heterocycles. The Morgan fingerprint density at radius 2 is 1.86 bits per heavy atom. The van der Waals surface area contributed by atoms with Crippen molar-refractivity contribution in [1.29, 1.82) is 0 Å². The summed E-state index contributed by atoms with van der Waals surface area (Å²) >= 11 is 0. The van der Waals surface area contributed by atoms with E-state index >= 15 is 0 Å². The fourth-order valence-corrected chi connectivity index (χ4v) is 3.83. The maximum absolute atomic E-state index is 8.74. The van der Waals surface area contributed by atoms with E-state index in [1.807, 2.05) is 72.0 Å². The summed E-state index contributed by atoms with van der Waals surface area (Å²) < 4.78 is 34.1. The molecular formula is C26H27N2O+. The number of fused-ring (bicyclic) bond motifs is 3. The van der Waals surface area contributed by atoms with Gasteiger partial charge in [-0.05, 0) is 42.8 Å². The first-order valence-electron chi connectivity index (χ1n) is 11.2. The second-order valence-electron chi connectivity index (χ2n) is 8.70. The Kier molecular flexibility index (Phi) is 3.66. The summed E-state index contributed by atoms with van der Waals surface area (Å²) in [5.74, 6) is 0. The number of aryl methyl sites for hydroxylation is 2. The van der Waals surface area contributed by atoms with Gasteiger partial charge in [0.25, 0.3) is 0 Å². The first-order chi connectivity index (χ1) is 14.9. The lowest BCUT2D eigenvalue weighted by Crippen LogP contribution is -2.31. The van der Waals surface area contributed by atoms with Gasteiger partial charge in [-0.25, -0.2) is 9.41 Å². The molecule has 0 unspecified atom stereocenters. The van der Waals surface area contributed by atoms with E-state index in [0.29, 0.717) is 28.1 Å². The molecule has 3 nitrogen and oxygen atoms in total. The van der Waals surface area contributed by atoms with Crippen LogP contribution in [-0.4, -0.2) is 0 Å². The second kappa shape index (κ2) is 6.74. The molecule has 4 aromatic rings. The van der Waals surface area contributed by atoms with Crippen molar-refractivity contribution in [2.75, 3.05) is 0 Å². The minimum absolute atomic E-state index is 0.218. The van der Waals surface area contributed by atoms with Crippen molar-refractivity contribution in [1.82, 2.24) is 0 Å². The number of hydrogen-bond donors (Lipinski definition) is 0. The summed E-state index contributed by atoms with van der Waals surface area (Å²) in [6, 6.07) is 11.3. The molecule has 0 N–H and O–H groups in total. The summed E-state index contributed by atoms with van der Waals surface area (Å²) in [7, 11) is 1.81. The van der Waals surface area contributed by atoms with Gasteiger partial charge >= 0.3 is 0 Å². The van der Waals surface area contributed by atoms with Gasteiger partial charge in [-0.3, -0.25) is 0 Å². The van der Waals surface area contributed by atoms with Crippen LogP contribution in [0.4, 0.5) is 5.69 Å². The Balaban J connectivity index is 2.12. The van der Waals surface area contributed by atoms with Gasteiger partial charge in [-0.1, -0.05) is 44.5 Å². The second-order valence-corrected chi connectivity index (χ2v) is 8.70. The van der Waals surface area contributed by atoms with E-state index in [4.69, 9.17) is 15.1 Å². The Morgan fingerprint density at radius 3 is 2.55 bits per heavy atom. The third kappa shape index (κ3) is 3.40. The fourth-order valence-electron chi connectivity index (χ4n) is 3.83. The van der Waals surface area contributed by atoms with Crippen molar-refractivity contribution >= 4 is 27.6 Å². The third-order valence-electron chi connectivity index (χ3n) is 5.04. The smallest absolute Gasteiger partial charge is 0.229 e. The number of nitrogens with zero attached hydrogens (tertiary/aromatic N) is 2. The molecule has 2 aromatic carbocycles. The van der Waals surface area contributed by atoms with E-state index in [2.05, 4.69) is 4.85 Å². The highest BCUT2D eigenvalue weighted by Crippen LogP contribution is 2.41. The SMILES string of the molecule is [2H]c1cc(C([2H])([2H])C(C)(C)C)cc(-c2c(C)ccc3c2oc2c([N+]#[C-])cc(C)cc23)[n+]1C. The van der Waals surface area contributed by atoms with Gasteiger partial charge in [0.1, 0.15) is 19.6 Å². The van der Waals surface area contributed by atoms with Crippen LogP contribution in [0.15, 0.2) is 47.0 Å². The molecule has 0 amide bonds. The molecule has 146 valence electrons. The molecule has 0 saturated heterocycles. The van der Waals surface area contributed by atoms with E-state index in [-0.39, 0.29) is 6.17 Å². The minimum Gasteiger partial charge on any atom is -0.466 e. The van der Waals surface area contributed by atoms with E-state index in [1.54, 1.807) is 10.6 Å². The van der Waals surface area contributed by atoms with Crippen LogP contribution in [0.1, 0.15) is 41.6 Å². The highest BCUT2D eigenvalue weighted by molar-refractivity contribution is 6.13. The van der Waals surface area contributed by atoms with Crippen molar-refractivity contribution in [2.24, 2.45) is 12.5 Å².